The summed E-state index contributed by atoms with van der Waals surface area (Å²) in [5.41, 5.74) is 0.0577. The van der Waals surface area contributed by atoms with E-state index < -0.39 is 42.4 Å². The molecule has 0 atom stereocenters. The number of halogens is 4. The van der Waals surface area contributed by atoms with Crippen LogP contribution in [0.5, 0.6) is 0 Å². The number of ether oxygens (including phenoxy) is 1. The number of carbonyl (C=O) groups is 1. The fourth-order valence-corrected chi connectivity index (χ4v) is 2.49. The maximum absolute atomic E-state index is 14.0. The molecule has 0 unspecified atom stereocenters. The molecule has 138 valence electrons. The van der Waals surface area contributed by atoms with Crippen molar-refractivity contribution in [1.82, 2.24) is 0 Å². The Kier molecular flexibility index (Phi) is 6.15. The van der Waals surface area contributed by atoms with Gasteiger partial charge >= 0.3 is 23.2 Å². The number of amides is 1. The van der Waals surface area contributed by atoms with Crippen molar-refractivity contribution in [1.29, 1.82) is 0 Å². The van der Waals surface area contributed by atoms with Gasteiger partial charge in [-0.25, -0.2) is 22.4 Å². The summed E-state index contributed by atoms with van der Waals surface area (Å²) < 4.78 is 58.7. The van der Waals surface area contributed by atoms with Crippen molar-refractivity contribution in [3.63, 3.8) is 0 Å². The first kappa shape index (κ1) is 20.1. The predicted octanol–water partition coefficient (Wildman–Crippen LogP) is 4.17. The zero-order valence-electron chi connectivity index (χ0n) is 13.3. The molecule has 26 heavy (non-hydrogen) atoms. The minimum absolute atomic E-state index is 0. The second kappa shape index (κ2) is 7.97. The smallest absolute Gasteiger partial charge is 0.444 e. The van der Waals surface area contributed by atoms with Gasteiger partial charge in [-0.05, 0) is 17.7 Å². The van der Waals surface area contributed by atoms with Gasteiger partial charge in [-0.3, -0.25) is 5.32 Å². The number of hydrogen-bond donors (Lipinski definition) is 1. The summed E-state index contributed by atoms with van der Waals surface area (Å²) in [5.74, 6) is -5.01. The molecule has 2 aromatic rings. The van der Waals surface area contributed by atoms with Crippen LogP contribution in [0.2, 0.25) is 0 Å². The first-order valence-corrected chi connectivity index (χ1v) is 7.43. The molecule has 0 bridgehead atoms. The van der Waals surface area contributed by atoms with E-state index in [1.165, 1.54) is 0 Å². The Morgan fingerprint density at radius 2 is 1.69 bits per heavy atom. The van der Waals surface area contributed by atoms with Crippen molar-refractivity contribution in [2.45, 2.75) is 12.5 Å². The standard InChI is InChI=1S/C17H14F4N2O2.Fe/c18-13-6-12(7-14(19)15(13)23-9-17(20,21)10-23)22-16(24)25-8-11-4-2-1-3-5-11;/h1-7H,8-10H2,(H,22,24);/q;+2. The van der Waals surface area contributed by atoms with Crippen LogP contribution in [0.4, 0.5) is 33.7 Å². The number of alkyl halides is 2. The fourth-order valence-electron chi connectivity index (χ4n) is 2.49. The van der Waals surface area contributed by atoms with E-state index in [4.69, 9.17) is 4.74 Å². The molecule has 1 amide bonds. The summed E-state index contributed by atoms with van der Waals surface area (Å²) >= 11 is 0. The average molecular weight is 410 g/mol. The maximum Gasteiger partial charge on any atom is 2.00 e. The minimum Gasteiger partial charge on any atom is -0.444 e. The van der Waals surface area contributed by atoms with Crippen LogP contribution >= 0.6 is 0 Å². The maximum atomic E-state index is 14.0. The Hall–Kier alpha value is -2.25. The molecule has 2 aromatic carbocycles. The van der Waals surface area contributed by atoms with Gasteiger partial charge in [0.25, 0.3) is 5.92 Å². The van der Waals surface area contributed by atoms with E-state index in [-0.39, 0.29) is 29.4 Å². The van der Waals surface area contributed by atoms with Gasteiger partial charge < -0.3 is 9.64 Å². The Bertz CT molecular complexity index is 759. The van der Waals surface area contributed by atoms with E-state index in [1.807, 2.05) is 6.07 Å². The largest absolute Gasteiger partial charge is 2.00 e. The normalized spacial score (nSPS) is 14.8. The van der Waals surface area contributed by atoms with Crippen LogP contribution in [-0.2, 0) is 28.4 Å². The Labute approximate surface area is 157 Å². The second-order valence-electron chi connectivity index (χ2n) is 5.69. The van der Waals surface area contributed by atoms with E-state index in [2.05, 4.69) is 5.32 Å². The van der Waals surface area contributed by atoms with Crippen molar-refractivity contribution in [3.05, 3.63) is 59.7 Å². The predicted molar refractivity (Wildman–Crippen MR) is 83.8 cm³/mol. The molecule has 0 radical (unpaired) electrons. The Morgan fingerprint density at radius 1 is 1.12 bits per heavy atom. The molecule has 0 aromatic heterocycles. The molecule has 1 aliphatic rings. The molecular weight excluding hydrogens is 396 g/mol. The topological polar surface area (TPSA) is 41.6 Å². The van der Waals surface area contributed by atoms with E-state index in [0.717, 1.165) is 22.6 Å². The number of nitrogens with zero attached hydrogens (tertiary/aromatic N) is 1. The number of anilines is 2. The molecule has 1 N–H and O–H groups in total. The first-order chi connectivity index (χ1) is 11.8. The molecular formula is C17H14F4FeN2O2+2. The molecule has 3 rings (SSSR count). The van der Waals surface area contributed by atoms with Gasteiger partial charge in [0.2, 0.25) is 0 Å². The van der Waals surface area contributed by atoms with Crippen LogP contribution < -0.4 is 10.2 Å². The van der Waals surface area contributed by atoms with Gasteiger partial charge in [0.1, 0.15) is 12.3 Å². The van der Waals surface area contributed by atoms with Gasteiger partial charge in [-0.2, -0.15) is 0 Å². The van der Waals surface area contributed by atoms with Gasteiger partial charge in [-0.15, -0.1) is 0 Å². The quantitative estimate of drug-likeness (QED) is 0.608. The molecule has 0 spiro atoms. The molecule has 1 heterocycles. The Morgan fingerprint density at radius 3 is 2.23 bits per heavy atom. The summed E-state index contributed by atoms with van der Waals surface area (Å²) in [7, 11) is 0. The van der Waals surface area contributed by atoms with Crippen LogP contribution in [0.3, 0.4) is 0 Å². The summed E-state index contributed by atoms with van der Waals surface area (Å²) in [5, 5.41) is 2.20. The van der Waals surface area contributed by atoms with Crippen molar-refractivity contribution >= 4 is 17.5 Å². The van der Waals surface area contributed by atoms with Gasteiger partial charge in [0.15, 0.2) is 11.6 Å². The molecule has 4 nitrogen and oxygen atoms in total. The van der Waals surface area contributed by atoms with Gasteiger partial charge in [0, 0.05) is 5.69 Å². The van der Waals surface area contributed by atoms with Crippen molar-refractivity contribution in [2.75, 3.05) is 23.3 Å². The van der Waals surface area contributed by atoms with Crippen molar-refractivity contribution in [2.24, 2.45) is 0 Å². The van der Waals surface area contributed by atoms with Gasteiger partial charge in [0.05, 0.1) is 13.1 Å². The third kappa shape index (κ3) is 4.68. The fraction of sp³-hybridized carbons (Fsp3) is 0.235. The third-order valence-corrected chi connectivity index (χ3v) is 3.64. The molecule has 1 fully saturated rings. The number of hydrogen-bond acceptors (Lipinski definition) is 3. The minimum atomic E-state index is -2.95. The summed E-state index contributed by atoms with van der Waals surface area (Å²) in [6.07, 6.45) is -0.883. The first-order valence-electron chi connectivity index (χ1n) is 7.43. The summed E-state index contributed by atoms with van der Waals surface area (Å²) in [6, 6.07) is 10.6. The van der Waals surface area contributed by atoms with Crippen molar-refractivity contribution in [3.8, 4) is 0 Å². The zero-order chi connectivity index (χ0) is 18.0. The third-order valence-electron chi connectivity index (χ3n) is 3.64. The van der Waals surface area contributed by atoms with Crippen LogP contribution in [-0.4, -0.2) is 25.1 Å². The molecule has 1 saturated heterocycles. The molecule has 9 heteroatoms. The number of benzene rings is 2. The molecule has 1 aliphatic heterocycles. The average Bonchev–Trinajstić information content (AvgIpc) is 2.51. The second-order valence-corrected chi connectivity index (χ2v) is 5.69. The SMILES string of the molecule is O=C(Nc1cc(F)c(N2CC(F)(F)C2)c(F)c1)OCc1ccccc1.[Fe+2]. The van der Waals surface area contributed by atoms with Crippen LogP contribution in [0.1, 0.15) is 5.56 Å². The van der Waals surface area contributed by atoms with E-state index in [9.17, 15) is 22.4 Å². The van der Waals surface area contributed by atoms with Crippen molar-refractivity contribution < 1.29 is 44.2 Å². The molecule has 0 saturated carbocycles. The zero-order valence-corrected chi connectivity index (χ0v) is 14.4. The molecule has 0 aliphatic carbocycles. The number of nitrogens with one attached hydrogen (secondary N) is 1. The van der Waals surface area contributed by atoms with Crippen LogP contribution in [0, 0.1) is 11.6 Å². The van der Waals surface area contributed by atoms with E-state index >= 15 is 0 Å². The number of rotatable bonds is 4. The monoisotopic (exact) mass is 410 g/mol. The Balaban J connectivity index is 0.00000243. The van der Waals surface area contributed by atoms with E-state index in [1.54, 1.807) is 24.3 Å². The summed E-state index contributed by atoms with van der Waals surface area (Å²) in [4.78, 5) is 12.6. The summed E-state index contributed by atoms with van der Waals surface area (Å²) in [6.45, 7) is -1.49. The van der Waals surface area contributed by atoms with E-state index in [0.29, 0.717) is 0 Å². The van der Waals surface area contributed by atoms with Crippen LogP contribution in [0.15, 0.2) is 42.5 Å². The van der Waals surface area contributed by atoms with Crippen LogP contribution in [0.25, 0.3) is 0 Å². The van der Waals surface area contributed by atoms with Gasteiger partial charge in [-0.1, -0.05) is 30.3 Å². The number of carbonyl (C=O) groups excluding carboxylic acids is 1.